The van der Waals surface area contributed by atoms with E-state index in [-0.39, 0.29) is 28.0 Å². The van der Waals surface area contributed by atoms with Crippen LogP contribution in [0.4, 0.5) is 0 Å². The van der Waals surface area contributed by atoms with Gasteiger partial charge in [0.2, 0.25) is 12.1 Å². The van der Waals surface area contributed by atoms with E-state index < -0.39 is 167 Å². The Kier molecular flexibility index (Phi) is 14.5. The van der Waals surface area contributed by atoms with E-state index in [0.717, 1.165) is 0 Å². The third-order valence-electron chi connectivity index (χ3n) is 11.6. The second kappa shape index (κ2) is 19.2. The van der Waals surface area contributed by atoms with Crippen molar-refractivity contribution in [2.45, 2.75) is 130 Å². The summed E-state index contributed by atoms with van der Waals surface area (Å²) >= 11 is 0. The van der Waals surface area contributed by atoms with Crippen LogP contribution in [-0.4, -0.2) is 232 Å². The van der Waals surface area contributed by atoms with Crippen molar-refractivity contribution in [3.05, 3.63) is 58.1 Å². The van der Waals surface area contributed by atoms with Crippen LogP contribution in [0.3, 0.4) is 0 Å². The molecular weight excluding hydrogens is 852 g/mol. The molecule has 0 amide bonds. The first kappa shape index (κ1) is 47.5. The quantitative estimate of drug-likeness (QED) is 0.0803. The van der Waals surface area contributed by atoms with Gasteiger partial charge in [-0.25, -0.2) is 0 Å². The zero-order valence-electron chi connectivity index (χ0n) is 33.1. The number of benzene rings is 2. The molecule has 20 atom stereocenters. The summed E-state index contributed by atoms with van der Waals surface area (Å²) < 4.78 is 44.7. The lowest BCUT2D eigenvalue weighted by atomic mass is 9.82. The van der Waals surface area contributed by atoms with Crippen LogP contribution in [0.2, 0.25) is 0 Å². The van der Waals surface area contributed by atoms with E-state index in [0.29, 0.717) is 5.56 Å². The molecule has 2 aromatic carbocycles. The highest BCUT2D eigenvalue weighted by molar-refractivity contribution is 6.30. The predicted octanol–water partition coefficient (Wildman–Crippen LogP) is -6.87. The summed E-state index contributed by atoms with van der Waals surface area (Å²) in [5, 5.41) is 147. The molecule has 0 aromatic heterocycles. The minimum atomic E-state index is -2.05. The second-order valence-corrected chi connectivity index (χ2v) is 15.9. The number of carbonyl (C=O) groups excluding carboxylic acids is 2. The Morgan fingerprint density at radius 3 is 1.60 bits per heavy atom. The monoisotopic (exact) mass is 902 g/mol. The highest BCUT2D eigenvalue weighted by Crippen LogP contribution is 2.39. The van der Waals surface area contributed by atoms with E-state index in [1.165, 1.54) is 30.3 Å². The summed E-state index contributed by atoms with van der Waals surface area (Å²) in [5.74, 6) is -2.13. The fourth-order valence-corrected chi connectivity index (χ4v) is 8.04. The first-order valence-corrected chi connectivity index (χ1v) is 19.8. The molecule has 4 heterocycles. The van der Waals surface area contributed by atoms with Crippen LogP contribution >= 0.6 is 0 Å². The van der Waals surface area contributed by atoms with E-state index in [1.807, 2.05) is 0 Å². The minimum Gasteiger partial charge on any atom is -0.507 e. The molecule has 350 valence electrons. The maximum Gasteiger partial charge on any atom is 0.229 e. The standard InChI is InChI=1S/C39H50O24/c1-11-5-13-20(14(42)6-11)27(48)21-12(22(13)43)3-2-4-15(21)58-38-32(53)29(50)24(45)18(61-38)10-57-37-34(55)35(26(47)17(8-41)60-37)63-39-33(54)30(51)25(46)19(62-39)9-56-36-31(52)28(49)23(44)16(7-40)59-36/h2-6,16-19,23-26,28-42,44-47,49-55H,7-10H2,1H3/t16-,17-,18-,19-,23-,24-,25-,26-,28+,29+,30+,31-,32-,33-,34-,35+,36-,37-,38-,39+/m1/s1. The molecule has 5 aliphatic rings. The normalized spacial score (nSPS) is 41.8. The maximum absolute atomic E-state index is 13.7. The van der Waals surface area contributed by atoms with Gasteiger partial charge >= 0.3 is 0 Å². The first-order valence-electron chi connectivity index (χ1n) is 19.8. The predicted molar refractivity (Wildman–Crippen MR) is 198 cm³/mol. The third-order valence-corrected chi connectivity index (χ3v) is 11.6. The lowest BCUT2D eigenvalue weighted by Crippen LogP contribution is -2.65. The van der Waals surface area contributed by atoms with Gasteiger partial charge in [-0.1, -0.05) is 12.1 Å². The number of fused-ring (bicyclic) bond motifs is 2. The zero-order chi connectivity index (χ0) is 45.8. The van der Waals surface area contributed by atoms with Gasteiger partial charge in [-0.15, -0.1) is 0 Å². The lowest BCUT2D eigenvalue weighted by molar-refractivity contribution is -0.369. The molecular formula is C39H50O24. The summed E-state index contributed by atoms with van der Waals surface area (Å²) in [6.07, 6.45) is -36.4. The van der Waals surface area contributed by atoms with Crippen molar-refractivity contribution in [1.82, 2.24) is 0 Å². The molecule has 0 radical (unpaired) electrons. The summed E-state index contributed by atoms with van der Waals surface area (Å²) in [4.78, 5) is 27.1. The number of ether oxygens (including phenoxy) is 8. The number of carbonyl (C=O) groups is 2. The molecule has 0 spiro atoms. The van der Waals surface area contributed by atoms with Crippen LogP contribution in [0, 0.1) is 6.92 Å². The van der Waals surface area contributed by atoms with E-state index in [2.05, 4.69) is 0 Å². The van der Waals surface area contributed by atoms with Crippen molar-refractivity contribution in [3.8, 4) is 11.5 Å². The van der Waals surface area contributed by atoms with E-state index in [9.17, 15) is 81.1 Å². The highest BCUT2D eigenvalue weighted by Gasteiger charge is 2.53. The lowest BCUT2D eigenvalue weighted by Gasteiger charge is -2.46. The van der Waals surface area contributed by atoms with Gasteiger partial charge in [0.15, 0.2) is 24.7 Å². The molecule has 63 heavy (non-hydrogen) atoms. The van der Waals surface area contributed by atoms with Crippen LogP contribution in [0.15, 0.2) is 30.3 Å². The fourth-order valence-electron chi connectivity index (χ4n) is 8.04. The Labute approximate surface area is 356 Å². The van der Waals surface area contributed by atoms with Gasteiger partial charge in [-0.2, -0.15) is 0 Å². The molecule has 0 saturated carbocycles. The summed E-state index contributed by atoms with van der Waals surface area (Å²) in [5.41, 5.74) is -0.161. The number of aryl methyl sites for hydroxylation is 1. The topological polar surface area (TPSA) is 391 Å². The number of hydrogen-bond acceptors (Lipinski definition) is 24. The van der Waals surface area contributed by atoms with Crippen LogP contribution in [0.5, 0.6) is 11.5 Å². The molecule has 4 saturated heterocycles. The minimum absolute atomic E-state index is 0.0367. The summed E-state index contributed by atoms with van der Waals surface area (Å²) in [7, 11) is 0. The number of hydrogen-bond donors (Lipinski definition) is 14. The van der Waals surface area contributed by atoms with E-state index in [1.54, 1.807) is 6.92 Å². The molecule has 24 nitrogen and oxygen atoms in total. The van der Waals surface area contributed by atoms with Gasteiger partial charge in [-0.05, 0) is 30.7 Å². The molecule has 1 aliphatic carbocycles. The molecule has 4 aliphatic heterocycles. The number of aromatic hydroxyl groups is 1. The Balaban J connectivity index is 1.02. The van der Waals surface area contributed by atoms with Crippen molar-refractivity contribution in [2.24, 2.45) is 0 Å². The maximum atomic E-state index is 13.7. The van der Waals surface area contributed by atoms with Crippen LogP contribution in [0.1, 0.15) is 37.4 Å². The Morgan fingerprint density at radius 2 is 1.02 bits per heavy atom. The number of phenolic OH excluding ortho intramolecular Hbond substituents is 1. The molecule has 24 heteroatoms. The molecule has 2 aromatic rings. The molecule has 14 N–H and O–H groups in total. The van der Waals surface area contributed by atoms with E-state index in [4.69, 9.17) is 37.9 Å². The number of aliphatic hydroxyl groups is 13. The third kappa shape index (κ3) is 8.97. The van der Waals surface area contributed by atoms with Gasteiger partial charge in [0.05, 0.1) is 37.6 Å². The van der Waals surface area contributed by atoms with E-state index >= 15 is 0 Å². The van der Waals surface area contributed by atoms with Gasteiger partial charge in [0, 0.05) is 11.1 Å². The molecule has 0 unspecified atom stereocenters. The smallest absolute Gasteiger partial charge is 0.229 e. The van der Waals surface area contributed by atoms with Gasteiger partial charge in [-0.3, -0.25) is 9.59 Å². The number of rotatable bonds is 12. The fraction of sp³-hybridized carbons (Fsp3) is 0.641. The van der Waals surface area contributed by atoms with Crippen molar-refractivity contribution in [1.29, 1.82) is 0 Å². The van der Waals surface area contributed by atoms with Crippen molar-refractivity contribution in [2.75, 3.05) is 26.4 Å². The van der Waals surface area contributed by atoms with Crippen LogP contribution in [-0.2, 0) is 33.2 Å². The first-order chi connectivity index (χ1) is 29.9. The largest absolute Gasteiger partial charge is 0.507 e. The number of ketones is 2. The van der Waals surface area contributed by atoms with Crippen LogP contribution < -0.4 is 4.74 Å². The SMILES string of the molecule is Cc1cc(O)c2c(c1)C(=O)c1cccc(O[C@@H]3O[C@H](CO[C@@H]4O[C@H](CO)[C@@H](O)[C@H](O[C@@H]5O[C@H](CO[C@@H]6O[C@H](CO)[C@@H](O)[C@H](O)[C@H]6O)[C@@H](O)[C@H](O)[C@H]5O)[C@H]4O)[C@@H](O)[C@H](O)[C@H]3O)c1C2=O. The van der Waals surface area contributed by atoms with Gasteiger partial charge in [0.1, 0.15) is 109 Å². The zero-order valence-corrected chi connectivity index (χ0v) is 33.1. The second-order valence-electron chi connectivity index (χ2n) is 15.9. The number of phenols is 1. The average Bonchev–Trinajstić information content (AvgIpc) is 3.26. The summed E-state index contributed by atoms with van der Waals surface area (Å²) in [6.45, 7) is -1.56. The summed E-state index contributed by atoms with van der Waals surface area (Å²) in [6, 6.07) is 6.75. The molecule has 4 fully saturated rings. The van der Waals surface area contributed by atoms with Crippen molar-refractivity contribution in [3.63, 3.8) is 0 Å². The number of aliphatic hydroxyl groups excluding tert-OH is 13. The Bertz CT molecular complexity index is 1950. The van der Waals surface area contributed by atoms with Gasteiger partial charge < -0.3 is 109 Å². The molecule has 0 bridgehead atoms. The van der Waals surface area contributed by atoms with Crippen molar-refractivity contribution < 1.29 is 119 Å². The van der Waals surface area contributed by atoms with Crippen molar-refractivity contribution >= 4 is 11.6 Å². The Morgan fingerprint density at radius 1 is 0.524 bits per heavy atom. The average molecular weight is 903 g/mol. The van der Waals surface area contributed by atoms with Crippen LogP contribution in [0.25, 0.3) is 0 Å². The van der Waals surface area contributed by atoms with Gasteiger partial charge in [0.25, 0.3) is 0 Å². The molecule has 7 rings (SSSR count). The Hall–Kier alpha value is -3.42. The highest BCUT2D eigenvalue weighted by atomic mass is 16.8.